The standard InChI is InChI=1S/C12H16N2O4S/c15-12(16)10-4-1-2-5-11(10)19(17,18)14-8-3-6-13-7-9-14/h1-2,4-5,13H,3,6-9H2,(H,15,16). The molecule has 6 nitrogen and oxygen atoms in total. The third-order valence-electron chi connectivity index (χ3n) is 3.03. The van der Waals surface area contributed by atoms with Gasteiger partial charge < -0.3 is 10.4 Å². The molecule has 2 rings (SSSR count). The summed E-state index contributed by atoms with van der Waals surface area (Å²) in [6.45, 7) is 2.11. The van der Waals surface area contributed by atoms with Gasteiger partial charge in [-0.3, -0.25) is 0 Å². The first-order chi connectivity index (χ1) is 9.03. The van der Waals surface area contributed by atoms with Crippen molar-refractivity contribution >= 4 is 16.0 Å². The summed E-state index contributed by atoms with van der Waals surface area (Å²) in [6, 6.07) is 5.71. The van der Waals surface area contributed by atoms with E-state index in [0.717, 1.165) is 6.54 Å². The second-order valence-electron chi connectivity index (χ2n) is 4.31. The molecule has 0 radical (unpaired) electrons. The van der Waals surface area contributed by atoms with Crippen molar-refractivity contribution in [3.8, 4) is 0 Å². The normalized spacial score (nSPS) is 17.9. The topological polar surface area (TPSA) is 86.7 Å². The lowest BCUT2D eigenvalue weighted by molar-refractivity contribution is 0.0692. The number of nitrogens with zero attached hydrogens (tertiary/aromatic N) is 1. The molecule has 1 aromatic carbocycles. The van der Waals surface area contributed by atoms with Gasteiger partial charge in [0.05, 0.1) is 10.5 Å². The van der Waals surface area contributed by atoms with Crippen LogP contribution in [0.15, 0.2) is 29.2 Å². The third-order valence-corrected chi connectivity index (χ3v) is 4.99. The maximum Gasteiger partial charge on any atom is 0.337 e. The van der Waals surface area contributed by atoms with E-state index in [1.807, 2.05) is 0 Å². The van der Waals surface area contributed by atoms with Crippen molar-refractivity contribution in [2.24, 2.45) is 0 Å². The van der Waals surface area contributed by atoms with Crippen LogP contribution in [0.4, 0.5) is 0 Å². The second kappa shape index (κ2) is 5.68. The van der Waals surface area contributed by atoms with E-state index in [-0.39, 0.29) is 10.5 Å². The Hall–Kier alpha value is -1.44. The van der Waals surface area contributed by atoms with Gasteiger partial charge in [-0.2, -0.15) is 4.31 Å². The number of nitrogens with one attached hydrogen (secondary N) is 1. The number of benzene rings is 1. The number of hydrogen-bond acceptors (Lipinski definition) is 4. The summed E-state index contributed by atoms with van der Waals surface area (Å²) in [6.07, 6.45) is 0.717. The lowest BCUT2D eigenvalue weighted by Crippen LogP contribution is -2.35. The fraction of sp³-hybridized carbons (Fsp3) is 0.417. The molecule has 0 spiro atoms. The maximum atomic E-state index is 12.5. The minimum Gasteiger partial charge on any atom is -0.478 e. The van der Waals surface area contributed by atoms with Crippen LogP contribution in [0.1, 0.15) is 16.8 Å². The third kappa shape index (κ3) is 2.94. The molecule has 0 bridgehead atoms. The molecule has 2 N–H and O–H groups in total. The van der Waals surface area contributed by atoms with Crippen molar-refractivity contribution in [3.63, 3.8) is 0 Å². The number of carboxylic acid groups (broad SMARTS) is 1. The molecule has 0 aliphatic carbocycles. The Balaban J connectivity index is 2.41. The lowest BCUT2D eigenvalue weighted by Gasteiger charge is -2.20. The molecular weight excluding hydrogens is 268 g/mol. The molecule has 0 amide bonds. The fourth-order valence-electron chi connectivity index (χ4n) is 2.07. The number of carboxylic acids is 1. The summed E-state index contributed by atoms with van der Waals surface area (Å²) in [5.41, 5.74) is -0.181. The van der Waals surface area contributed by atoms with Crippen LogP contribution in [-0.2, 0) is 10.0 Å². The predicted molar refractivity (Wildman–Crippen MR) is 69.6 cm³/mol. The predicted octanol–water partition coefficient (Wildman–Crippen LogP) is 0.369. The van der Waals surface area contributed by atoms with Crippen molar-refractivity contribution in [1.29, 1.82) is 0 Å². The van der Waals surface area contributed by atoms with E-state index in [1.54, 1.807) is 0 Å². The smallest absolute Gasteiger partial charge is 0.337 e. The van der Waals surface area contributed by atoms with Gasteiger partial charge >= 0.3 is 5.97 Å². The SMILES string of the molecule is O=C(O)c1ccccc1S(=O)(=O)N1CCCNCC1. The molecule has 1 saturated heterocycles. The summed E-state index contributed by atoms with van der Waals surface area (Å²) in [4.78, 5) is 11.0. The highest BCUT2D eigenvalue weighted by Gasteiger charge is 2.28. The van der Waals surface area contributed by atoms with E-state index in [9.17, 15) is 13.2 Å². The van der Waals surface area contributed by atoms with Crippen LogP contribution < -0.4 is 5.32 Å². The van der Waals surface area contributed by atoms with Crippen molar-refractivity contribution in [1.82, 2.24) is 9.62 Å². The molecular formula is C12H16N2O4S. The first-order valence-electron chi connectivity index (χ1n) is 6.06. The van der Waals surface area contributed by atoms with Gasteiger partial charge in [0.15, 0.2) is 0 Å². The molecule has 0 saturated carbocycles. The first kappa shape index (κ1) is 14.0. The zero-order valence-electron chi connectivity index (χ0n) is 10.4. The summed E-state index contributed by atoms with van der Waals surface area (Å²) in [7, 11) is -3.75. The average molecular weight is 284 g/mol. The van der Waals surface area contributed by atoms with E-state index >= 15 is 0 Å². The maximum absolute atomic E-state index is 12.5. The van der Waals surface area contributed by atoms with Gasteiger partial charge in [0, 0.05) is 19.6 Å². The molecule has 1 aliphatic rings. The van der Waals surface area contributed by atoms with Crippen LogP contribution in [-0.4, -0.2) is 50.0 Å². The highest BCUT2D eigenvalue weighted by molar-refractivity contribution is 7.89. The molecule has 0 unspecified atom stereocenters. The number of carbonyl (C=O) groups is 1. The Labute approximate surface area is 112 Å². The quantitative estimate of drug-likeness (QED) is 0.837. The fourth-order valence-corrected chi connectivity index (χ4v) is 3.73. The van der Waals surface area contributed by atoms with Crippen LogP contribution in [0, 0.1) is 0 Å². The molecule has 7 heteroatoms. The Kier molecular flexibility index (Phi) is 4.18. The van der Waals surface area contributed by atoms with Crippen LogP contribution in [0.5, 0.6) is 0 Å². The summed E-state index contributed by atoms with van der Waals surface area (Å²) < 4.78 is 26.3. The van der Waals surface area contributed by atoms with E-state index in [4.69, 9.17) is 5.11 Å². The Morgan fingerprint density at radius 1 is 1.21 bits per heavy atom. The zero-order chi connectivity index (χ0) is 13.9. The first-order valence-corrected chi connectivity index (χ1v) is 7.50. The van der Waals surface area contributed by atoms with Gasteiger partial charge in [0.2, 0.25) is 10.0 Å². The molecule has 0 aromatic heterocycles. The van der Waals surface area contributed by atoms with E-state index in [2.05, 4.69) is 5.32 Å². The minimum absolute atomic E-state index is 0.135. The molecule has 1 fully saturated rings. The molecule has 104 valence electrons. The van der Waals surface area contributed by atoms with Crippen LogP contribution in [0.2, 0.25) is 0 Å². The van der Waals surface area contributed by atoms with E-state index in [0.29, 0.717) is 26.1 Å². The number of aromatic carboxylic acids is 1. The monoisotopic (exact) mass is 284 g/mol. The van der Waals surface area contributed by atoms with Gasteiger partial charge in [-0.1, -0.05) is 12.1 Å². The van der Waals surface area contributed by atoms with Crippen molar-refractivity contribution in [2.45, 2.75) is 11.3 Å². The van der Waals surface area contributed by atoms with E-state index < -0.39 is 16.0 Å². The summed E-state index contributed by atoms with van der Waals surface area (Å²) in [5.74, 6) is -1.23. The van der Waals surface area contributed by atoms with Gasteiger partial charge in [-0.15, -0.1) is 0 Å². The Morgan fingerprint density at radius 2 is 1.95 bits per heavy atom. The summed E-state index contributed by atoms with van der Waals surface area (Å²) >= 11 is 0. The molecule has 1 aromatic rings. The number of hydrogen-bond donors (Lipinski definition) is 2. The van der Waals surface area contributed by atoms with Crippen LogP contribution in [0.3, 0.4) is 0 Å². The van der Waals surface area contributed by atoms with Gasteiger partial charge in [0.1, 0.15) is 0 Å². The largest absolute Gasteiger partial charge is 0.478 e. The van der Waals surface area contributed by atoms with Gasteiger partial charge in [0.25, 0.3) is 0 Å². The highest BCUT2D eigenvalue weighted by Crippen LogP contribution is 2.20. The van der Waals surface area contributed by atoms with Gasteiger partial charge in [-0.25, -0.2) is 13.2 Å². The molecule has 0 atom stereocenters. The van der Waals surface area contributed by atoms with Crippen molar-refractivity contribution in [2.75, 3.05) is 26.2 Å². The average Bonchev–Trinajstić information content (AvgIpc) is 2.68. The summed E-state index contributed by atoms with van der Waals surface area (Å²) in [5, 5.41) is 12.2. The minimum atomic E-state index is -3.75. The molecule has 1 aliphatic heterocycles. The van der Waals surface area contributed by atoms with Crippen LogP contribution in [0.25, 0.3) is 0 Å². The lowest BCUT2D eigenvalue weighted by atomic mass is 10.2. The van der Waals surface area contributed by atoms with Crippen molar-refractivity contribution < 1.29 is 18.3 Å². The Morgan fingerprint density at radius 3 is 2.68 bits per heavy atom. The highest BCUT2D eigenvalue weighted by atomic mass is 32.2. The van der Waals surface area contributed by atoms with Crippen LogP contribution >= 0.6 is 0 Å². The molecule has 1 heterocycles. The van der Waals surface area contributed by atoms with Crippen molar-refractivity contribution in [3.05, 3.63) is 29.8 Å². The second-order valence-corrected chi connectivity index (χ2v) is 6.22. The zero-order valence-corrected chi connectivity index (χ0v) is 11.2. The molecule has 19 heavy (non-hydrogen) atoms. The van der Waals surface area contributed by atoms with E-state index in [1.165, 1.54) is 28.6 Å². The number of sulfonamides is 1. The number of rotatable bonds is 3. The van der Waals surface area contributed by atoms with Gasteiger partial charge in [-0.05, 0) is 25.1 Å². The Bertz CT molecular complexity index is 563.